The molecule has 2 saturated heterocycles. The second-order valence-corrected chi connectivity index (χ2v) is 8.49. The van der Waals surface area contributed by atoms with E-state index in [1.54, 1.807) is 0 Å². The molecule has 0 spiro atoms. The number of hydrogen-bond donors (Lipinski definition) is 2. The van der Waals surface area contributed by atoms with Gasteiger partial charge in [-0.15, -0.1) is 24.0 Å². The lowest BCUT2D eigenvalue weighted by Crippen LogP contribution is -2.47. The number of likely N-dealkylation sites (tertiary alicyclic amines) is 2. The van der Waals surface area contributed by atoms with E-state index in [-0.39, 0.29) is 35.9 Å². The van der Waals surface area contributed by atoms with Crippen molar-refractivity contribution in [2.75, 3.05) is 39.8 Å². The fourth-order valence-electron chi connectivity index (χ4n) is 4.17. The number of halogens is 2. The average molecular weight is 548 g/mol. The first-order valence-electron chi connectivity index (χ1n) is 10.8. The highest BCUT2D eigenvalue weighted by Crippen LogP contribution is 2.22. The molecule has 1 unspecified atom stereocenters. The SMILES string of the molecule is CCC(=O)N1CCC(NC(=NC)NCC2CCN(Cc3ccccc3Cl)CC2)C1.I. The number of carbonyl (C=O) groups excluding carboxylic acids is 1. The lowest BCUT2D eigenvalue weighted by molar-refractivity contribution is -0.129. The number of guanidine groups is 1. The smallest absolute Gasteiger partial charge is 0.222 e. The van der Waals surface area contributed by atoms with Crippen LogP contribution >= 0.6 is 35.6 Å². The molecule has 2 aliphatic heterocycles. The summed E-state index contributed by atoms with van der Waals surface area (Å²) in [5.41, 5.74) is 1.21. The standard InChI is InChI=1S/C22H34ClN5O.HI/c1-3-21(29)28-13-10-19(16-28)26-22(24-2)25-14-17-8-11-27(12-9-17)15-18-6-4-5-7-20(18)23;/h4-7,17,19H,3,8-16H2,1-2H3,(H2,24,25,26);1H. The van der Waals surface area contributed by atoms with Gasteiger partial charge in [-0.2, -0.15) is 0 Å². The van der Waals surface area contributed by atoms with Gasteiger partial charge in [-0.1, -0.05) is 36.7 Å². The van der Waals surface area contributed by atoms with Crippen LogP contribution in [0.2, 0.25) is 5.02 Å². The van der Waals surface area contributed by atoms with E-state index >= 15 is 0 Å². The molecule has 1 aromatic carbocycles. The van der Waals surface area contributed by atoms with Crippen LogP contribution < -0.4 is 10.6 Å². The van der Waals surface area contributed by atoms with Crippen molar-refractivity contribution in [2.24, 2.45) is 10.9 Å². The van der Waals surface area contributed by atoms with Crippen LogP contribution in [0, 0.1) is 5.92 Å². The van der Waals surface area contributed by atoms with Gasteiger partial charge in [-0.05, 0) is 49.9 Å². The molecule has 0 aliphatic carbocycles. The third-order valence-electron chi connectivity index (χ3n) is 6.02. The Kier molecular flexibility index (Phi) is 10.7. The zero-order chi connectivity index (χ0) is 20.6. The maximum absolute atomic E-state index is 11.8. The lowest BCUT2D eigenvalue weighted by atomic mass is 9.96. The summed E-state index contributed by atoms with van der Waals surface area (Å²) < 4.78 is 0. The number of piperidine rings is 1. The molecule has 30 heavy (non-hydrogen) atoms. The molecule has 2 N–H and O–H groups in total. The predicted octanol–water partition coefficient (Wildman–Crippen LogP) is 3.35. The number of benzene rings is 1. The zero-order valence-electron chi connectivity index (χ0n) is 18.1. The Labute approximate surface area is 202 Å². The molecular formula is C22H35ClIN5O. The molecule has 2 aliphatic rings. The number of amides is 1. The number of nitrogens with one attached hydrogen (secondary N) is 2. The van der Waals surface area contributed by atoms with Gasteiger partial charge in [0.15, 0.2) is 5.96 Å². The number of rotatable bonds is 6. The summed E-state index contributed by atoms with van der Waals surface area (Å²) in [5, 5.41) is 7.83. The predicted molar refractivity (Wildman–Crippen MR) is 135 cm³/mol. The Morgan fingerprint density at radius 3 is 2.60 bits per heavy atom. The molecule has 2 fully saturated rings. The molecule has 0 radical (unpaired) electrons. The average Bonchev–Trinajstić information content (AvgIpc) is 3.21. The first-order chi connectivity index (χ1) is 14.1. The van der Waals surface area contributed by atoms with Crippen molar-refractivity contribution in [3.63, 3.8) is 0 Å². The largest absolute Gasteiger partial charge is 0.356 e. The monoisotopic (exact) mass is 547 g/mol. The second-order valence-electron chi connectivity index (χ2n) is 8.09. The van der Waals surface area contributed by atoms with Gasteiger partial charge in [0.2, 0.25) is 5.91 Å². The maximum Gasteiger partial charge on any atom is 0.222 e. The molecule has 1 atom stereocenters. The van der Waals surface area contributed by atoms with Crippen molar-refractivity contribution in [3.05, 3.63) is 34.9 Å². The molecule has 1 amide bonds. The van der Waals surface area contributed by atoms with Gasteiger partial charge in [0.25, 0.3) is 0 Å². The van der Waals surface area contributed by atoms with Crippen molar-refractivity contribution in [2.45, 2.75) is 45.2 Å². The number of nitrogens with zero attached hydrogens (tertiary/aromatic N) is 3. The van der Waals surface area contributed by atoms with E-state index in [4.69, 9.17) is 11.6 Å². The van der Waals surface area contributed by atoms with Gasteiger partial charge >= 0.3 is 0 Å². The summed E-state index contributed by atoms with van der Waals surface area (Å²) >= 11 is 6.30. The molecular weight excluding hydrogens is 513 g/mol. The Hall–Kier alpha value is -1.06. The van der Waals surface area contributed by atoms with Crippen LogP contribution in [0.5, 0.6) is 0 Å². The van der Waals surface area contributed by atoms with E-state index in [1.165, 1.54) is 18.4 Å². The quantitative estimate of drug-likeness (QED) is 0.326. The first kappa shape index (κ1) is 25.2. The molecule has 0 bridgehead atoms. The minimum atomic E-state index is 0. The minimum Gasteiger partial charge on any atom is -0.356 e. The second kappa shape index (κ2) is 12.7. The van der Waals surface area contributed by atoms with Crippen LogP contribution in [0.25, 0.3) is 0 Å². The Morgan fingerprint density at radius 1 is 1.20 bits per heavy atom. The molecule has 6 nitrogen and oxygen atoms in total. The van der Waals surface area contributed by atoms with Crippen molar-refractivity contribution in [3.8, 4) is 0 Å². The summed E-state index contributed by atoms with van der Waals surface area (Å²) in [6.45, 7) is 7.59. The lowest BCUT2D eigenvalue weighted by Gasteiger charge is -2.32. The molecule has 2 heterocycles. The highest BCUT2D eigenvalue weighted by Gasteiger charge is 2.26. The summed E-state index contributed by atoms with van der Waals surface area (Å²) in [4.78, 5) is 20.7. The molecule has 3 rings (SSSR count). The van der Waals surface area contributed by atoms with Crippen LogP contribution in [0.3, 0.4) is 0 Å². The molecule has 0 saturated carbocycles. The summed E-state index contributed by atoms with van der Waals surface area (Å²) in [5.74, 6) is 1.73. The normalized spacial score (nSPS) is 20.7. The van der Waals surface area contributed by atoms with Crippen molar-refractivity contribution >= 4 is 47.4 Å². The Balaban J connectivity index is 0.00000320. The van der Waals surface area contributed by atoms with E-state index < -0.39 is 0 Å². The first-order valence-corrected chi connectivity index (χ1v) is 11.2. The van der Waals surface area contributed by atoms with Crippen molar-refractivity contribution in [1.29, 1.82) is 0 Å². The van der Waals surface area contributed by atoms with Gasteiger partial charge in [0.1, 0.15) is 0 Å². The van der Waals surface area contributed by atoms with Gasteiger partial charge in [-0.25, -0.2) is 0 Å². The summed E-state index contributed by atoms with van der Waals surface area (Å²) in [6, 6.07) is 8.40. The van der Waals surface area contributed by atoms with E-state index in [2.05, 4.69) is 32.7 Å². The van der Waals surface area contributed by atoms with Gasteiger partial charge in [-0.3, -0.25) is 14.7 Å². The minimum absolute atomic E-state index is 0. The molecule has 168 valence electrons. The maximum atomic E-state index is 11.8. The highest BCUT2D eigenvalue weighted by molar-refractivity contribution is 14.0. The van der Waals surface area contributed by atoms with Crippen LogP contribution in [0.15, 0.2) is 29.3 Å². The summed E-state index contributed by atoms with van der Waals surface area (Å²) in [7, 11) is 1.81. The van der Waals surface area contributed by atoms with Gasteiger partial charge in [0.05, 0.1) is 0 Å². The summed E-state index contributed by atoms with van der Waals surface area (Å²) in [6.07, 6.45) is 3.91. The zero-order valence-corrected chi connectivity index (χ0v) is 21.2. The molecule has 1 aromatic rings. The Bertz CT molecular complexity index is 709. The van der Waals surface area contributed by atoms with Crippen LogP contribution in [0.1, 0.15) is 38.2 Å². The highest BCUT2D eigenvalue weighted by atomic mass is 127. The van der Waals surface area contributed by atoms with E-state index in [1.807, 2.05) is 31.0 Å². The van der Waals surface area contributed by atoms with Crippen LogP contribution in [0.4, 0.5) is 0 Å². The third kappa shape index (κ3) is 7.27. The molecule has 8 heteroatoms. The van der Waals surface area contributed by atoms with E-state index in [0.29, 0.717) is 12.3 Å². The topological polar surface area (TPSA) is 60.0 Å². The van der Waals surface area contributed by atoms with Crippen LogP contribution in [-0.4, -0.2) is 67.5 Å². The third-order valence-corrected chi connectivity index (χ3v) is 6.39. The fourth-order valence-corrected chi connectivity index (χ4v) is 4.37. The van der Waals surface area contributed by atoms with Crippen molar-refractivity contribution < 1.29 is 4.79 Å². The fraction of sp³-hybridized carbons (Fsp3) is 0.636. The van der Waals surface area contributed by atoms with E-state index in [9.17, 15) is 4.79 Å². The molecule has 0 aromatic heterocycles. The Morgan fingerprint density at radius 2 is 1.93 bits per heavy atom. The number of aliphatic imine (C=N–C) groups is 1. The van der Waals surface area contributed by atoms with Crippen LogP contribution in [-0.2, 0) is 11.3 Å². The van der Waals surface area contributed by atoms with Gasteiger partial charge < -0.3 is 15.5 Å². The van der Waals surface area contributed by atoms with Gasteiger partial charge in [0, 0.05) is 50.7 Å². The number of hydrogen-bond acceptors (Lipinski definition) is 3. The van der Waals surface area contributed by atoms with Crippen molar-refractivity contribution in [1.82, 2.24) is 20.4 Å². The number of carbonyl (C=O) groups is 1. The van der Waals surface area contributed by atoms with E-state index in [0.717, 1.165) is 56.7 Å².